The first-order chi connectivity index (χ1) is 6.21. The van der Waals surface area contributed by atoms with Gasteiger partial charge in [-0.25, -0.2) is 0 Å². The summed E-state index contributed by atoms with van der Waals surface area (Å²) in [5.41, 5.74) is -0.612. The fourth-order valence-corrected chi connectivity index (χ4v) is 3.12. The lowest BCUT2D eigenvalue weighted by molar-refractivity contribution is -0.155. The van der Waals surface area contributed by atoms with Crippen LogP contribution in [0.4, 0.5) is 13.2 Å². The quantitative estimate of drug-likeness (QED) is 0.677. The molecule has 1 aliphatic heterocycles. The number of rotatable bonds is 1. The monoisotopic (exact) mass is 229 g/mol. The van der Waals surface area contributed by atoms with E-state index in [1.165, 1.54) is 4.90 Å². The fourth-order valence-electron chi connectivity index (χ4n) is 1.58. The lowest BCUT2D eigenvalue weighted by atomic mass is 10.1. The fraction of sp³-hybridized carbons (Fsp3) is 1.00. The second-order valence-electron chi connectivity index (χ2n) is 4.14. The van der Waals surface area contributed by atoms with Gasteiger partial charge in [-0.05, 0) is 13.8 Å². The summed E-state index contributed by atoms with van der Waals surface area (Å²) in [6.45, 7) is 2.77. The van der Waals surface area contributed by atoms with E-state index in [1.54, 1.807) is 13.8 Å². The summed E-state index contributed by atoms with van der Waals surface area (Å²) in [6, 6.07) is 0. The minimum Gasteiger partial charge on any atom is -0.288 e. The predicted octanol–water partition coefficient (Wildman–Crippen LogP) is 1.39. The topological polar surface area (TPSA) is 20.3 Å². The number of hydrogen-bond acceptors (Lipinski definition) is 2. The molecule has 1 atom stereocenters. The molecule has 14 heavy (non-hydrogen) atoms. The van der Waals surface area contributed by atoms with E-state index in [0.29, 0.717) is 11.5 Å². The Bertz CT molecular complexity index is 239. The van der Waals surface area contributed by atoms with Crippen molar-refractivity contribution in [2.45, 2.75) is 25.6 Å². The first-order valence-corrected chi connectivity index (χ1v) is 5.86. The van der Waals surface area contributed by atoms with Gasteiger partial charge in [0.05, 0.1) is 6.54 Å². The molecule has 0 aromatic heterocycles. The zero-order chi connectivity index (χ0) is 11.0. The van der Waals surface area contributed by atoms with E-state index in [1.807, 2.05) is 0 Å². The summed E-state index contributed by atoms with van der Waals surface area (Å²) in [6.07, 6.45) is -4.17. The molecule has 0 spiro atoms. The Hall–Kier alpha value is -0.100. The zero-order valence-corrected chi connectivity index (χ0v) is 9.04. The highest BCUT2D eigenvalue weighted by Gasteiger charge is 2.40. The van der Waals surface area contributed by atoms with Crippen LogP contribution in [0, 0.1) is 0 Å². The average Bonchev–Trinajstić information content (AvgIpc) is 1.91. The van der Waals surface area contributed by atoms with E-state index in [-0.39, 0.29) is 6.54 Å². The summed E-state index contributed by atoms with van der Waals surface area (Å²) >= 11 is 0. The molecule has 0 amide bonds. The molecule has 0 aromatic carbocycles. The van der Waals surface area contributed by atoms with E-state index in [0.717, 1.165) is 0 Å². The third-order valence-electron chi connectivity index (χ3n) is 2.33. The second kappa shape index (κ2) is 3.81. The van der Waals surface area contributed by atoms with Crippen LogP contribution in [0.3, 0.4) is 0 Å². The van der Waals surface area contributed by atoms with Crippen LogP contribution in [0.25, 0.3) is 0 Å². The molecule has 1 rings (SSSR count). The van der Waals surface area contributed by atoms with Gasteiger partial charge in [0.1, 0.15) is 0 Å². The van der Waals surface area contributed by atoms with E-state index in [4.69, 9.17) is 0 Å². The maximum absolute atomic E-state index is 12.2. The molecule has 1 fully saturated rings. The van der Waals surface area contributed by atoms with Crippen molar-refractivity contribution in [1.29, 1.82) is 0 Å². The van der Waals surface area contributed by atoms with Crippen molar-refractivity contribution in [2.24, 2.45) is 0 Å². The third kappa shape index (κ3) is 3.24. The van der Waals surface area contributed by atoms with E-state index >= 15 is 0 Å². The highest BCUT2D eigenvalue weighted by molar-refractivity contribution is 7.85. The van der Waals surface area contributed by atoms with Crippen LogP contribution in [-0.2, 0) is 10.8 Å². The Morgan fingerprint density at radius 2 is 2.00 bits per heavy atom. The molecular formula is C8H14F3NOS. The maximum atomic E-state index is 12.2. The van der Waals surface area contributed by atoms with Crippen LogP contribution in [0.2, 0.25) is 0 Å². The van der Waals surface area contributed by atoms with E-state index in [2.05, 4.69) is 0 Å². The van der Waals surface area contributed by atoms with Gasteiger partial charge in [0.15, 0.2) is 0 Å². The predicted molar refractivity (Wildman–Crippen MR) is 49.6 cm³/mol. The van der Waals surface area contributed by atoms with Crippen molar-refractivity contribution in [1.82, 2.24) is 4.90 Å². The standard InChI is InChI=1S/C8H14F3NOS/c1-7(2)6-14(13)4-3-12(7)5-8(9,10)11/h3-6H2,1-2H3. The van der Waals surface area contributed by atoms with Crippen LogP contribution in [0.5, 0.6) is 0 Å². The number of alkyl halides is 3. The van der Waals surface area contributed by atoms with Gasteiger partial charge in [-0.1, -0.05) is 0 Å². The summed E-state index contributed by atoms with van der Waals surface area (Å²) in [5, 5.41) is 0. The minimum absolute atomic E-state index is 0.263. The molecule has 0 saturated carbocycles. The van der Waals surface area contributed by atoms with Gasteiger partial charge in [-0.3, -0.25) is 9.11 Å². The molecule has 0 radical (unpaired) electrons. The minimum atomic E-state index is -4.17. The molecule has 1 heterocycles. The normalized spacial score (nSPS) is 29.1. The third-order valence-corrected chi connectivity index (χ3v) is 4.00. The van der Waals surface area contributed by atoms with Gasteiger partial charge in [-0.15, -0.1) is 0 Å². The van der Waals surface area contributed by atoms with Gasteiger partial charge < -0.3 is 0 Å². The number of halogens is 3. The molecule has 2 nitrogen and oxygen atoms in total. The first kappa shape index (κ1) is 12.0. The van der Waals surface area contributed by atoms with Crippen LogP contribution in [0.15, 0.2) is 0 Å². The molecule has 0 N–H and O–H groups in total. The van der Waals surface area contributed by atoms with E-state index in [9.17, 15) is 17.4 Å². The van der Waals surface area contributed by atoms with Gasteiger partial charge in [0, 0.05) is 34.4 Å². The SMILES string of the molecule is CC1(C)CS(=O)CCN1CC(F)(F)F. The van der Waals surface area contributed by atoms with Crippen molar-refractivity contribution in [2.75, 3.05) is 24.6 Å². The Labute approximate surface area is 83.9 Å². The molecule has 0 aliphatic carbocycles. The zero-order valence-electron chi connectivity index (χ0n) is 8.23. The van der Waals surface area contributed by atoms with Crippen LogP contribution < -0.4 is 0 Å². The molecule has 1 aliphatic rings. The lowest BCUT2D eigenvalue weighted by Gasteiger charge is -2.42. The van der Waals surface area contributed by atoms with Crippen molar-refractivity contribution < 1.29 is 17.4 Å². The van der Waals surface area contributed by atoms with Crippen molar-refractivity contribution in [3.63, 3.8) is 0 Å². The van der Waals surface area contributed by atoms with Crippen molar-refractivity contribution in [3.05, 3.63) is 0 Å². The molecule has 84 valence electrons. The smallest absolute Gasteiger partial charge is 0.288 e. The number of nitrogens with zero attached hydrogens (tertiary/aromatic N) is 1. The number of hydrogen-bond donors (Lipinski definition) is 0. The van der Waals surface area contributed by atoms with Gasteiger partial charge in [0.2, 0.25) is 0 Å². The molecule has 0 bridgehead atoms. The lowest BCUT2D eigenvalue weighted by Crippen LogP contribution is -2.56. The van der Waals surface area contributed by atoms with Gasteiger partial charge in [-0.2, -0.15) is 13.2 Å². The summed E-state index contributed by atoms with van der Waals surface area (Å²) in [7, 11) is -0.968. The first-order valence-electron chi connectivity index (χ1n) is 4.37. The van der Waals surface area contributed by atoms with Crippen LogP contribution in [-0.4, -0.2) is 45.4 Å². The Balaban J connectivity index is 2.65. The molecule has 1 unspecified atom stereocenters. The largest absolute Gasteiger partial charge is 0.401 e. The van der Waals surface area contributed by atoms with Gasteiger partial charge in [0.25, 0.3) is 0 Å². The summed E-state index contributed by atoms with van der Waals surface area (Å²) in [4.78, 5) is 1.36. The molecule has 1 saturated heterocycles. The highest BCUT2D eigenvalue weighted by atomic mass is 32.2. The van der Waals surface area contributed by atoms with Crippen LogP contribution in [0.1, 0.15) is 13.8 Å². The van der Waals surface area contributed by atoms with Crippen molar-refractivity contribution >= 4 is 10.8 Å². The second-order valence-corrected chi connectivity index (χ2v) is 5.71. The van der Waals surface area contributed by atoms with Crippen LogP contribution >= 0.6 is 0 Å². The molecule has 0 aromatic rings. The average molecular weight is 229 g/mol. The molecule has 6 heteroatoms. The Kier molecular flexibility index (Phi) is 3.26. The summed E-state index contributed by atoms with van der Waals surface area (Å²) in [5.74, 6) is 0.669. The molecular weight excluding hydrogens is 215 g/mol. The van der Waals surface area contributed by atoms with E-state index < -0.39 is 29.1 Å². The highest BCUT2D eigenvalue weighted by Crippen LogP contribution is 2.25. The Morgan fingerprint density at radius 1 is 1.43 bits per heavy atom. The summed E-state index contributed by atoms with van der Waals surface area (Å²) < 4.78 is 47.7. The van der Waals surface area contributed by atoms with Gasteiger partial charge >= 0.3 is 6.18 Å². The van der Waals surface area contributed by atoms with Crippen molar-refractivity contribution in [3.8, 4) is 0 Å². The maximum Gasteiger partial charge on any atom is 0.401 e. The Morgan fingerprint density at radius 3 is 2.43 bits per heavy atom.